The summed E-state index contributed by atoms with van der Waals surface area (Å²) in [5.74, 6) is -1.40. The Morgan fingerprint density at radius 2 is 1.41 bits per heavy atom. The molecule has 6 rings (SSSR count). The number of aromatic amines is 1. The van der Waals surface area contributed by atoms with E-state index >= 15 is 0 Å². The molecule has 1 aliphatic rings. The van der Waals surface area contributed by atoms with Gasteiger partial charge in [-0.3, -0.25) is 4.90 Å². The summed E-state index contributed by atoms with van der Waals surface area (Å²) in [6, 6.07) is 25.1. The Morgan fingerprint density at radius 1 is 0.869 bits per heavy atom. The molecule has 1 saturated heterocycles. The van der Waals surface area contributed by atoms with E-state index in [0.29, 0.717) is 5.56 Å². The molecule has 5 aromatic rings. The minimum absolute atomic E-state index is 0.0191. The Labute approximate surface area is 354 Å². The van der Waals surface area contributed by atoms with Crippen molar-refractivity contribution in [2.45, 2.75) is 103 Å². The number of hydrogen-bond donors (Lipinski definition) is 3. The summed E-state index contributed by atoms with van der Waals surface area (Å²) in [7, 11) is 0. The fraction of sp³-hybridized carbons (Fsp3) is 0.400. The van der Waals surface area contributed by atoms with Gasteiger partial charge in [0.2, 0.25) is 0 Å². The van der Waals surface area contributed by atoms with E-state index in [1.54, 1.807) is 55.4 Å². The maximum atomic E-state index is 14.7. The van der Waals surface area contributed by atoms with Crippen molar-refractivity contribution in [3.63, 3.8) is 0 Å². The molecule has 0 aliphatic carbocycles. The third kappa shape index (κ3) is 9.62. The van der Waals surface area contributed by atoms with E-state index in [-0.39, 0.29) is 23.5 Å². The monoisotopic (exact) mass is 832 g/mol. The molecule has 2 amide bonds. The summed E-state index contributed by atoms with van der Waals surface area (Å²) in [6.45, 7) is 13.4. The van der Waals surface area contributed by atoms with Gasteiger partial charge >= 0.3 is 18.2 Å². The molecule has 61 heavy (non-hydrogen) atoms. The third-order valence-electron chi connectivity index (χ3n) is 10.1. The highest BCUT2D eigenvalue weighted by Gasteiger charge is 2.56. The molecule has 1 fully saturated rings. The topological polar surface area (TPSA) is 214 Å². The molecule has 0 bridgehead atoms. The number of nitrogens with zero attached hydrogens (tertiary/aromatic N) is 6. The van der Waals surface area contributed by atoms with Crippen LogP contribution in [-0.2, 0) is 29.3 Å². The zero-order chi connectivity index (χ0) is 44.1. The number of azide groups is 1. The number of rotatable bonds is 12. The molecule has 5 atom stereocenters. The van der Waals surface area contributed by atoms with Crippen molar-refractivity contribution in [3.05, 3.63) is 136 Å². The van der Waals surface area contributed by atoms with Gasteiger partial charge in [-0.15, -0.1) is 0 Å². The zero-order valence-electron chi connectivity index (χ0n) is 35.5. The fourth-order valence-electron chi connectivity index (χ4n) is 7.55. The number of alkyl carbamates (subject to hydrolysis) is 1. The minimum Gasteiger partial charge on any atom is -0.455 e. The lowest BCUT2D eigenvalue weighted by atomic mass is 9.80. The molecule has 0 saturated carbocycles. The third-order valence-corrected chi connectivity index (χ3v) is 10.1. The quantitative estimate of drug-likeness (QED) is 0.0273. The van der Waals surface area contributed by atoms with Crippen LogP contribution in [0.25, 0.3) is 21.5 Å². The van der Waals surface area contributed by atoms with Crippen LogP contribution < -0.4 is 5.32 Å². The van der Waals surface area contributed by atoms with Gasteiger partial charge in [0.15, 0.2) is 11.9 Å². The number of hydrogen-bond acceptors (Lipinski definition) is 11. The maximum absolute atomic E-state index is 14.7. The van der Waals surface area contributed by atoms with E-state index in [2.05, 4.69) is 30.3 Å². The molecule has 4 unspecified atom stereocenters. The Hall–Kier alpha value is -6.48. The van der Waals surface area contributed by atoms with Crippen LogP contribution in [0.5, 0.6) is 0 Å². The summed E-state index contributed by atoms with van der Waals surface area (Å²) < 4.78 is 24.9. The second-order valence-corrected chi connectivity index (χ2v) is 17.1. The van der Waals surface area contributed by atoms with Crippen molar-refractivity contribution in [1.82, 2.24) is 25.2 Å². The van der Waals surface area contributed by atoms with Crippen LogP contribution >= 0.6 is 0 Å². The van der Waals surface area contributed by atoms with Crippen molar-refractivity contribution >= 4 is 35.0 Å². The minimum atomic E-state index is -1.61. The predicted octanol–water partition coefficient (Wildman–Crippen LogP) is 8.39. The average molecular weight is 833 g/mol. The molecular formula is C45H52N8O8. The Bertz CT molecular complexity index is 2260. The number of amides is 2. The normalized spacial score (nSPS) is 18.6. The summed E-state index contributed by atoms with van der Waals surface area (Å²) in [5.41, 5.74) is 9.23. The Morgan fingerprint density at radius 3 is 1.90 bits per heavy atom. The summed E-state index contributed by atoms with van der Waals surface area (Å²) >= 11 is 0. The van der Waals surface area contributed by atoms with E-state index < -0.39 is 71.2 Å². The van der Waals surface area contributed by atoms with Gasteiger partial charge in [-0.1, -0.05) is 105 Å². The zero-order valence-corrected chi connectivity index (χ0v) is 35.5. The second-order valence-electron chi connectivity index (χ2n) is 17.1. The van der Waals surface area contributed by atoms with Gasteiger partial charge in [0, 0.05) is 16.7 Å². The highest BCUT2D eigenvalue weighted by molar-refractivity contribution is 5.88. The molecule has 16 heteroatoms. The first-order chi connectivity index (χ1) is 28.9. The highest BCUT2D eigenvalue weighted by Crippen LogP contribution is 2.46. The number of nitrogens with one attached hydrogen (secondary N) is 2. The second kappa shape index (κ2) is 18.0. The van der Waals surface area contributed by atoms with Crippen LogP contribution in [-0.4, -0.2) is 85.2 Å². The van der Waals surface area contributed by atoms with Crippen LogP contribution in [0.15, 0.2) is 109 Å². The van der Waals surface area contributed by atoms with Crippen LogP contribution in [0, 0.1) is 5.92 Å². The van der Waals surface area contributed by atoms with Gasteiger partial charge in [0.1, 0.15) is 41.3 Å². The molecule has 0 spiro atoms. The molecular weight excluding hydrogens is 781 g/mol. The van der Waals surface area contributed by atoms with Crippen molar-refractivity contribution in [1.29, 1.82) is 0 Å². The number of H-pyrrole nitrogens is 1. The number of benzene rings is 3. The first kappa shape index (κ1) is 44.1. The molecule has 3 heterocycles. The smallest absolute Gasteiger partial charge is 0.411 e. The molecule has 3 N–H and O–H groups in total. The first-order valence-electron chi connectivity index (χ1n) is 20.0. The van der Waals surface area contributed by atoms with Gasteiger partial charge in [-0.2, -0.15) is 0 Å². The summed E-state index contributed by atoms with van der Waals surface area (Å²) in [5, 5.41) is 18.9. The molecule has 3 aromatic carbocycles. The molecule has 0 radical (unpaired) electrons. The first-order valence-corrected chi connectivity index (χ1v) is 20.0. The number of aliphatic hydroxyl groups excluding tert-OH is 1. The van der Waals surface area contributed by atoms with Gasteiger partial charge in [-0.05, 0) is 74.8 Å². The highest BCUT2D eigenvalue weighted by atomic mass is 16.6. The predicted molar refractivity (Wildman–Crippen MR) is 226 cm³/mol. The van der Waals surface area contributed by atoms with Gasteiger partial charge in [0.25, 0.3) is 0 Å². The lowest BCUT2D eigenvalue weighted by molar-refractivity contribution is -0.159. The fourth-order valence-corrected chi connectivity index (χ4v) is 7.55. The standard InChI is InChI=1S/C45H52N8O8/c1-27(2)33(50-41(56)60-43(3,4)5)40(55)59-38-36(31-24-47-35-34(31)48-26-49-39(35)51-52-46)53(42(57)61-44(6,7)8)32(37(38)54)25-58-45(28-18-12-9-13-19-28,29-20-14-10-15-21-29)30-22-16-11-17-23-30/h9-24,26-27,32-33,36-38,47,54H,25H2,1-8H3,(H,50,56)/t32?,33-,36?,37?,38?/m0/s1. The van der Waals surface area contributed by atoms with E-state index in [4.69, 9.17) is 18.9 Å². The average Bonchev–Trinajstić information content (AvgIpc) is 3.75. The van der Waals surface area contributed by atoms with E-state index in [1.165, 1.54) is 17.4 Å². The number of aromatic nitrogens is 3. The maximum Gasteiger partial charge on any atom is 0.411 e. The Balaban J connectivity index is 1.52. The molecule has 1 aliphatic heterocycles. The van der Waals surface area contributed by atoms with Crippen LogP contribution in [0.1, 0.15) is 83.7 Å². The van der Waals surface area contributed by atoms with Gasteiger partial charge < -0.3 is 34.4 Å². The summed E-state index contributed by atoms with van der Waals surface area (Å²) in [6.07, 6.45) is -2.07. The molecule has 2 aromatic heterocycles. The van der Waals surface area contributed by atoms with Crippen molar-refractivity contribution in [3.8, 4) is 0 Å². The van der Waals surface area contributed by atoms with Crippen molar-refractivity contribution in [2.75, 3.05) is 6.61 Å². The largest absolute Gasteiger partial charge is 0.455 e. The van der Waals surface area contributed by atoms with Gasteiger partial charge in [0.05, 0.1) is 23.7 Å². The lowest BCUT2D eigenvalue weighted by Gasteiger charge is -2.38. The lowest BCUT2D eigenvalue weighted by Crippen LogP contribution is -2.49. The number of carbonyl (C=O) groups excluding carboxylic acids is 3. The van der Waals surface area contributed by atoms with E-state index in [0.717, 1.165) is 16.7 Å². The molecule has 320 valence electrons. The Kier molecular flexibility index (Phi) is 13.0. The summed E-state index contributed by atoms with van der Waals surface area (Å²) in [4.78, 5) is 57.9. The SMILES string of the molecule is CC(C)[C@H](NC(=O)OC(C)(C)C)C(=O)OC1C(O)C(COC(c2ccccc2)(c2ccccc2)c2ccccc2)N(C(=O)OC(C)(C)C)C1c1c[nH]c2c(N=[N+]=[N-])ncnc12. The number of aliphatic hydroxyl groups is 1. The van der Waals surface area contributed by atoms with E-state index in [1.807, 2.05) is 91.0 Å². The van der Waals surface area contributed by atoms with Crippen molar-refractivity contribution in [2.24, 2.45) is 11.0 Å². The van der Waals surface area contributed by atoms with Crippen LogP contribution in [0.3, 0.4) is 0 Å². The number of esters is 1. The van der Waals surface area contributed by atoms with E-state index in [9.17, 15) is 25.0 Å². The molecule has 16 nitrogen and oxygen atoms in total. The van der Waals surface area contributed by atoms with Gasteiger partial charge in [-0.25, -0.2) is 24.4 Å². The number of fused-ring (bicyclic) bond motifs is 1. The number of carbonyl (C=O) groups is 3. The van der Waals surface area contributed by atoms with Crippen LogP contribution in [0.4, 0.5) is 15.4 Å². The van der Waals surface area contributed by atoms with Crippen molar-refractivity contribution < 1.29 is 38.4 Å². The number of likely N-dealkylation sites (tertiary alicyclic amines) is 1. The van der Waals surface area contributed by atoms with Crippen LogP contribution in [0.2, 0.25) is 0 Å². The number of ether oxygens (including phenoxy) is 4.